The smallest absolute Gasteiger partial charge is 0.338 e. The number of hydrogen-bond acceptors (Lipinski definition) is 4. The van der Waals surface area contributed by atoms with Gasteiger partial charge in [0, 0.05) is 19.0 Å². The van der Waals surface area contributed by atoms with Gasteiger partial charge >= 0.3 is 5.97 Å². The van der Waals surface area contributed by atoms with Gasteiger partial charge in [0.05, 0.1) is 5.56 Å². The van der Waals surface area contributed by atoms with E-state index in [1.54, 1.807) is 17.0 Å². The topological polar surface area (TPSA) is 89.7 Å². The van der Waals surface area contributed by atoms with Gasteiger partial charge in [0.2, 0.25) is 5.91 Å². The van der Waals surface area contributed by atoms with Gasteiger partial charge in [-0.2, -0.15) is 0 Å². The standard InChI is InChI=1S/C17H22N2O4/c1-11-3-4-14(9-12(11)2)17(22)23-10-15(20)19-7-5-13(6-8-19)16(18)21/h3-4,9,13H,5-8,10H2,1-2H3,(H2,18,21). The number of ether oxygens (including phenoxy) is 1. The summed E-state index contributed by atoms with van der Waals surface area (Å²) in [4.78, 5) is 36.8. The first-order chi connectivity index (χ1) is 10.9. The summed E-state index contributed by atoms with van der Waals surface area (Å²) in [7, 11) is 0. The Kier molecular flexibility index (Phi) is 5.36. The zero-order chi connectivity index (χ0) is 17.0. The Bertz CT molecular complexity index is 619. The van der Waals surface area contributed by atoms with E-state index in [0.717, 1.165) is 11.1 Å². The fourth-order valence-corrected chi connectivity index (χ4v) is 2.58. The molecule has 23 heavy (non-hydrogen) atoms. The number of benzene rings is 1. The van der Waals surface area contributed by atoms with Crippen LogP contribution in [-0.2, 0) is 14.3 Å². The molecule has 0 spiro atoms. The SMILES string of the molecule is Cc1ccc(C(=O)OCC(=O)N2CCC(C(N)=O)CC2)cc1C. The summed E-state index contributed by atoms with van der Waals surface area (Å²) in [6, 6.07) is 5.29. The van der Waals surface area contributed by atoms with Gasteiger partial charge in [0.1, 0.15) is 0 Å². The Balaban J connectivity index is 1.83. The van der Waals surface area contributed by atoms with Gasteiger partial charge in [-0.25, -0.2) is 4.79 Å². The van der Waals surface area contributed by atoms with Crippen molar-refractivity contribution in [2.75, 3.05) is 19.7 Å². The third-order valence-corrected chi connectivity index (χ3v) is 4.32. The highest BCUT2D eigenvalue weighted by Gasteiger charge is 2.26. The molecule has 1 heterocycles. The molecule has 1 fully saturated rings. The van der Waals surface area contributed by atoms with Crippen LogP contribution in [0.25, 0.3) is 0 Å². The number of carbonyl (C=O) groups excluding carboxylic acids is 3. The Morgan fingerprint density at radius 2 is 1.83 bits per heavy atom. The number of hydrogen-bond donors (Lipinski definition) is 1. The maximum Gasteiger partial charge on any atom is 0.338 e. The Hall–Kier alpha value is -2.37. The third kappa shape index (κ3) is 4.31. The van der Waals surface area contributed by atoms with E-state index < -0.39 is 5.97 Å². The van der Waals surface area contributed by atoms with Gasteiger partial charge in [-0.05, 0) is 49.9 Å². The van der Waals surface area contributed by atoms with E-state index in [9.17, 15) is 14.4 Å². The summed E-state index contributed by atoms with van der Waals surface area (Å²) < 4.78 is 5.09. The molecule has 2 amide bonds. The number of primary amides is 1. The maximum absolute atomic E-state index is 12.1. The lowest BCUT2D eigenvalue weighted by Gasteiger charge is -2.30. The van der Waals surface area contributed by atoms with E-state index in [2.05, 4.69) is 0 Å². The van der Waals surface area contributed by atoms with Crippen LogP contribution in [0.3, 0.4) is 0 Å². The van der Waals surface area contributed by atoms with E-state index in [1.807, 2.05) is 19.9 Å². The molecule has 6 heteroatoms. The van der Waals surface area contributed by atoms with E-state index in [4.69, 9.17) is 10.5 Å². The molecule has 0 bridgehead atoms. The predicted octanol–water partition coefficient (Wildman–Crippen LogP) is 1.18. The second-order valence-electron chi connectivity index (χ2n) is 5.93. The summed E-state index contributed by atoms with van der Waals surface area (Å²) in [5.41, 5.74) is 7.79. The first kappa shape index (κ1) is 17.0. The van der Waals surface area contributed by atoms with Crippen molar-refractivity contribution in [1.82, 2.24) is 4.90 Å². The molecule has 0 unspecified atom stereocenters. The van der Waals surface area contributed by atoms with Gasteiger partial charge in [-0.3, -0.25) is 9.59 Å². The number of carbonyl (C=O) groups is 3. The monoisotopic (exact) mass is 318 g/mol. The van der Waals surface area contributed by atoms with Crippen LogP contribution in [0.4, 0.5) is 0 Å². The zero-order valence-corrected chi connectivity index (χ0v) is 13.5. The molecule has 0 aliphatic carbocycles. The minimum absolute atomic E-state index is 0.169. The number of piperidine rings is 1. The van der Waals surface area contributed by atoms with Crippen LogP contribution >= 0.6 is 0 Å². The number of nitrogens with two attached hydrogens (primary N) is 1. The van der Waals surface area contributed by atoms with Crippen molar-refractivity contribution in [2.45, 2.75) is 26.7 Å². The number of nitrogens with zero attached hydrogens (tertiary/aromatic N) is 1. The highest BCUT2D eigenvalue weighted by Crippen LogP contribution is 2.17. The molecule has 0 aromatic heterocycles. The van der Waals surface area contributed by atoms with Gasteiger partial charge in [0.25, 0.3) is 5.91 Å². The zero-order valence-electron chi connectivity index (χ0n) is 13.5. The first-order valence-corrected chi connectivity index (χ1v) is 7.70. The lowest BCUT2D eigenvalue weighted by atomic mass is 9.96. The summed E-state index contributed by atoms with van der Waals surface area (Å²) in [5.74, 6) is -1.24. The minimum Gasteiger partial charge on any atom is -0.452 e. The van der Waals surface area contributed by atoms with Crippen molar-refractivity contribution in [2.24, 2.45) is 11.7 Å². The average molecular weight is 318 g/mol. The average Bonchev–Trinajstić information content (AvgIpc) is 2.54. The third-order valence-electron chi connectivity index (χ3n) is 4.32. The van der Waals surface area contributed by atoms with E-state index in [0.29, 0.717) is 31.5 Å². The molecule has 1 aromatic rings. The second kappa shape index (κ2) is 7.26. The number of rotatable bonds is 4. The maximum atomic E-state index is 12.1. The van der Waals surface area contributed by atoms with Crippen LogP contribution in [0.5, 0.6) is 0 Å². The molecule has 1 saturated heterocycles. The van der Waals surface area contributed by atoms with Crippen molar-refractivity contribution in [3.63, 3.8) is 0 Å². The molecular formula is C17H22N2O4. The number of esters is 1. The van der Waals surface area contributed by atoms with Crippen LogP contribution < -0.4 is 5.73 Å². The molecule has 1 aliphatic heterocycles. The van der Waals surface area contributed by atoms with Gasteiger partial charge in [0.15, 0.2) is 6.61 Å². The summed E-state index contributed by atoms with van der Waals surface area (Å²) in [5, 5.41) is 0. The molecule has 0 radical (unpaired) electrons. The molecule has 0 atom stereocenters. The van der Waals surface area contributed by atoms with Crippen molar-refractivity contribution in [3.05, 3.63) is 34.9 Å². The molecule has 0 saturated carbocycles. The molecular weight excluding hydrogens is 296 g/mol. The largest absolute Gasteiger partial charge is 0.452 e. The Morgan fingerprint density at radius 3 is 2.39 bits per heavy atom. The van der Waals surface area contributed by atoms with Crippen LogP contribution in [0, 0.1) is 19.8 Å². The molecule has 1 aromatic carbocycles. The Morgan fingerprint density at radius 1 is 1.17 bits per heavy atom. The highest BCUT2D eigenvalue weighted by molar-refractivity contribution is 5.91. The molecule has 1 aliphatic rings. The van der Waals surface area contributed by atoms with Gasteiger partial charge in [-0.1, -0.05) is 6.07 Å². The lowest BCUT2D eigenvalue weighted by molar-refractivity contribution is -0.137. The number of amides is 2. The minimum atomic E-state index is -0.506. The number of likely N-dealkylation sites (tertiary alicyclic amines) is 1. The predicted molar refractivity (Wildman–Crippen MR) is 84.7 cm³/mol. The van der Waals surface area contributed by atoms with Crippen molar-refractivity contribution in [3.8, 4) is 0 Å². The number of aryl methyl sites for hydroxylation is 2. The fourth-order valence-electron chi connectivity index (χ4n) is 2.58. The lowest BCUT2D eigenvalue weighted by Crippen LogP contribution is -2.43. The van der Waals surface area contributed by atoms with Crippen molar-refractivity contribution in [1.29, 1.82) is 0 Å². The Labute approximate surface area is 135 Å². The van der Waals surface area contributed by atoms with Gasteiger partial charge in [-0.15, -0.1) is 0 Å². The molecule has 2 rings (SSSR count). The van der Waals surface area contributed by atoms with E-state index in [-0.39, 0.29) is 24.3 Å². The molecule has 124 valence electrons. The summed E-state index contributed by atoms with van der Waals surface area (Å²) in [6.07, 6.45) is 1.12. The quantitative estimate of drug-likeness (QED) is 0.844. The fraction of sp³-hybridized carbons (Fsp3) is 0.471. The summed E-state index contributed by atoms with van der Waals surface area (Å²) >= 11 is 0. The van der Waals surface area contributed by atoms with Crippen LogP contribution in [-0.4, -0.2) is 42.4 Å². The molecule has 6 nitrogen and oxygen atoms in total. The highest BCUT2D eigenvalue weighted by atomic mass is 16.5. The van der Waals surface area contributed by atoms with E-state index >= 15 is 0 Å². The van der Waals surface area contributed by atoms with Crippen LogP contribution in [0.1, 0.15) is 34.3 Å². The molecule has 2 N–H and O–H groups in total. The second-order valence-corrected chi connectivity index (χ2v) is 5.93. The van der Waals surface area contributed by atoms with Gasteiger partial charge < -0.3 is 15.4 Å². The van der Waals surface area contributed by atoms with Crippen molar-refractivity contribution < 1.29 is 19.1 Å². The van der Waals surface area contributed by atoms with Crippen LogP contribution in [0.2, 0.25) is 0 Å². The van der Waals surface area contributed by atoms with Crippen molar-refractivity contribution >= 4 is 17.8 Å². The van der Waals surface area contributed by atoms with Crippen LogP contribution in [0.15, 0.2) is 18.2 Å². The summed E-state index contributed by atoms with van der Waals surface area (Å²) in [6.45, 7) is 4.53. The normalized spacial score (nSPS) is 15.3. The first-order valence-electron chi connectivity index (χ1n) is 7.70. The van der Waals surface area contributed by atoms with E-state index in [1.165, 1.54) is 0 Å².